The highest BCUT2D eigenvalue weighted by Crippen LogP contribution is 2.18. The normalized spacial score (nSPS) is 10.1. The molecule has 3 rings (SSSR count). The number of hydrogen-bond donors (Lipinski definition) is 3. The SMILES string of the molecule is CCOCCOCC[n+]1[nH]c(C)c(N=O)c1C.CCOCCOCCn1nc(C)c(N)c1C.Cc1[nH][nH+]c(C)c1N=O.[OH-].[OH-]. The van der Waals surface area contributed by atoms with Crippen LogP contribution in [0.2, 0.25) is 0 Å². The molecule has 7 N–H and O–H groups in total. The zero-order valence-corrected chi connectivity index (χ0v) is 27.2. The number of nitroso groups, excluding NO2 is 2. The maximum absolute atomic E-state index is 10.6. The van der Waals surface area contributed by atoms with Crippen LogP contribution in [0.5, 0.6) is 0 Å². The zero-order valence-electron chi connectivity index (χ0n) is 27.2. The minimum atomic E-state index is 0. The van der Waals surface area contributed by atoms with Crippen LogP contribution in [-0.4, -0.2) is 83.8 Å². The lowest BCUT2D eigenvalue weighted by molar-refractivity contribution is -0.756. The summed E-state index contributed by atoms with van der Waals surface area (Å²) in [4.78, 5) is 20.6. The molecule has 17 nitrogen and oxygen atoms in total. The molecular formula is C27H51N9O8. The summed E-state index contributed by atoms with van der Waals surface area (Å²) in [7, 11) is 0. The quantitative estimate of drug-likeness (QED) is 0.119. The number of nitrogens with two attached hydrogens (primary N) is 1. The first-order valence-corrected chi connectivity index (χ1v) is 14.1. The van der Waals surface area contributed by atoms with Gasteiger partial charge in [-0.1, -0.05) is 0 Å². The Kier molecular flexibility index (Phi) is 23.0. The van der Waals surface area contributed by atoms with Crippen LogP contribution in [0.3, 0.4) is 0 Å². The van der Waals surface area contributed by atoms with Crippen LogP contribution in [0.1, 0.15) is 48.0 Å². The molecule has 3 heterocycles. The average Bonchev–Trinajstić information content (AvgIpc) is 3.54. The first kappa shape index (κ1) is 42.5. The van der Waals surface area contributed by atoms with E-state index in [-0.39, 0.29) is 11.0 Å². The van der Waals surface area contributed by atoms with E-state index in [4.69, 9.17) is 24.7 Å². The molecular weight excluding hydrogens is 578 g/mol. The number of ether oxygens (including phenoxy) is 4. The second kappa shape index (κ2) is 23.8. The van der Waals surface area contributed by atoms with Crippen LogP contribution in [0.4, 0.5) is 17.1 Å². The predicted octanol–water partition coefficient (Wildman–Crippen LogP) is 3.00. The van der Waals surface area contributed by atoms with Crippen LogP contribution in [0, 0.1) is 51.4 Å². The van der Waals surface area contributed by atoms with Gasteiger partial charge in [-0.3, -0.25) is 4.68 Å². The van der Waals surface area contributed by atoms with Crippen LogP contribution >= 0.6 is 0 Å². The summed E-state index contributed by atoms with van der Waals surface area (Å²) in [5.41, 5.74) is 12.6. The van der Waals surface area contributed by atoms with Crippen molar-refractivity contribution in [1.29, 1.82) is 0 Å². The Balaban J connectivity index is 0. The third kappa shape index (κ3) is 14.2. The van der Waals surface area contributed by atoms with E-state index in [1.807, 2.05) is 50.9 Å². The van der Waals surface area contributed by atoms with Gasteiger partial charge in [-0.15, -0.1) is 19.6 Å². The number of nitrogens with zero attached hydrogens (tertiary/aromatic N) is 5. The number of hydrogen-bond acceptors (Lipinski definition) is 12. The van der Waals surface area contributed by atoms with E-state index < -0.39 is 0 Å². The van der Waals surface area contributed by atoms with Crippen LogP contribution in [0.25, 0.3) is 0 Å². The second-order valence-electron chi connectivity index (χ2n) is 9.28. The molecule has 0 amide bonds. The number of anilines is 1. The number of nitrogen functional groups attached to an aromatic ring is 1. The van der Waals surface area contributed by atoms with Crippen molar-refractivity contribution in [1.82, 2.24) is 20.0 Å². The van der Waals surface area contributed by atoms with E-state index >= 15 is 0 Å². The molecule has 0 aromatic carbocycles. The van der Waals surface area contributed by atoms with Gasteiger partial charge >= 0.3 is 0 Å². The van der Waals surface area contributed by atoms with E-state index in [0.717, 1.165) is 53.0 Å². The molecule has 0 fully saturated rings. The largest absolute Gasteiger partial charge is 0.870 e. The average molecular weight is 630 g/mol. The molecule has 0 aliphatic rings. The van der Waals surface area contributed by atoms with Crippen molar-refractivity contribution in [2.75, 3.05) is 58.6 Å². The minimum Gasteiger partial charge on any atom is -0.870 e. The smallest absolute Gasteiger partial charge is 0.234 e. The van der Waals surface area contributed by atoms with Crippen molar-refractivity contribution in [2.45, 2.75) is 68.5 Å². The number of aryl methyl sites for hydroxylation is 4. The topological polar surface area (TPSA) is 249 Å². The standard InChI is InChI=1S/C11H19N3O3.C11H21N3O2.C5H7N3O.2H2O/c1-4-16-7-8-17-6-5-14-10(3)11(13-15)9(2)12-14;1-4-15-7-8-16-6-5-14-10(3)11(12)9(2)13-14;1-3-5(8-9)4(2)7-6-3;;/h4-8H2,1-3H3;4-8,12H2,1-3H3;1-2H3,(H,6,7);2*1H2. The van der Waals surface area contributed by atoms with E-state index in [1.165, 1.54) is 0 Å². The van der Waals surface area contributed by atoms with Crippen molar-refractivity contribution in [3.05, 3.63) is 44.0 Å². The van der Waals surface area contributed by atoms with Crippen molar-refractivity contribution >= 4 is 17.1 Å². The molecule has 0 bridgehead atoms. The first-order chi connectivity index (χ1) is 20.1. The molecule has 0 unspecified atom stereocenters. The Morgan fingerprint density at radius 1 is 0.818 bits per heavy atom. The molecule has 0 radical (unpaired) electrons. The number of aromatic nitrogens is 6. The van der Waals surface area contributed by atoms with Gasteiger partial charge in [-0.25, -0.2) is 0 Å². The van der Waals surface area contributed by atoms with Gasteiger partial charge in [-0.05, 0) is 51.9 Å². The highest BCUT2D eigenvalue weighted by atomic mass is 16.5. The van der Waals surface area contributed by atoms with E-state index in [2.05, 4.69) is 30.7 Å². The Bertz CT molecular complexity index is 1190. The fraction of sp³-hybridized carbons (Fsp3) is 0.667. The van der Waals surface area contributed by atoms with E-state index in [0.29, 0.717) is 64.2 Å². The van der Waals surface area contributed by atoms with Gasteiger partial charge in [0, 0.05) is 27.1 Å². The fourth-order valence-corrected chi connectivity index (χ4v) is 3.78. The van der Waals surface area contributed by atoms with Gasteiger partial charge in [-0.2, -0.15) is 15.3 Å². The maximum atomic E-state index is 10.6. The molecule has 17 heteroatoms. The summed E-state index contributed by atoms with van der Waals surface area (Å²) in [6, 6.07) is 0. The van der Waals surface area contributed by atoms with Gasteiger partial charge in [0.15, 0.2) is 6.54 Å². The number of nitrogens with one attached hydrogen (secondary N) is 3. The molecule has 0 aliphatic heterocycles. The number of aromatic amines is 3. The molecule has 252 valence electrons. The van der Waals surface area contributed by atoms with Gasteiger partial charge in [0.1, 0.15) is 18.0 Å². The molecule has 0 aliphatic carbocycles. The summed E-state index contributed by atoms with van der Waals surface area (Å²) >= 11 is 0. The first-order valence-electron chi connectivity index (χ1n) is 14.1. The summed E-state index contributed by atoms with van der Waals surface area (Å²) < 4.78 is 24.9. The zero-order chi connectivity index (χ0) is 31.5. The van der Waals surface area contributed by atoms with E-state index in [1.54, 1.807) is 13.8 Å². The van der Waals surface area contributed by atoms with Crippen molar-refractivity contribution in [3.63, 3.8) is 0 Å². The highest BCUT2D eigenvalue weighted by Gasteiger charge is 2.19. The minimum absolute atomic E-state index is 0. The van der Waals surface area contributed by atoms with Crippen molar-refractivity contribution in [2.24, 2.45) is 10.4 Å². The molecule has 3 aromatic rings. The summed E-state index contributed by atoms with van der Waals surface area (Å²) in [6.07, 6.45) is 0. The molecule has 0 spiro atoms. The lowest BCUT2D eigenvalue weighted by Gasteiger charge is -2.06. The Morgan fingerprint density at radius 2 is 1.36 bits per heavy atom. The Hall–Kier alpha value is -3.61. The summed E-state index contributed by atoms with van der Waals surface area (Å²) in [6.45, 7) is 21.6. The molecule has 3 aromatic heterocycles. The monoisotopic (exact) mass is 629 g/mol. The van der Waals surface area contributed by atoms with Gasteiger partial charge in [0.2, 0.25) is 22.8 Å². The maximum Gasteiger partial charge on any atom is 0.234 e. The second-order valence-corrected chi connectivity index (χ2v) is 9.28. The van der Waals surface area contributed by atoms with Gasteiger partial charge in [0.05, 0.1) is 56.7 Å². The lowest BCUT2D eigenvalue weighted by atomic mass is 10.3. The highest BCUT2D eigenvalue weighted by molar-refractivity contribution is 5.46. The third-order valence-corrected chi connectivity index (χ3v) is 6.23. The van der Waals surface area contributed by atoms with Gasteiger partial charge in [0.25, 0.3) is 0 Å². The van der Waals surface area contributed by atoms with Crippen LogP contribution in [0.15, 0.2) is 10.4 Å². The van der Waals surface area contributed by atoms with Crippen molar-refractivity contribution < 1.29 is 39.7 Å². The third-order valence-electron chi connectivity index (χ3n) is 6.23. The Labute approximate surface area is 258 Å². The molecule has 0 atom stereocenters. The molecule has 0 saturated heterocycles. The Morgan fingerprint density at radius 3 is 1.77 bits per heavy atom. The summed E-state index contributed by atoms with van der Waals surface area (Å²) in [5, 5.41) is 18.8. The number of H-pyrrole nitrogens is 3. The van der Waals surface area contributed by atoms with E-state index in [9.17, 15) is 9.81 Å². The molecule has 0 saturated carbocycles. The number of rotatable bonds is 16. The lowest BCUT2D eigenvalue weighted by Crippen LogP contribution is -2.40. The summed E-state index contributed by atoms with van der Waals surface area (Å²) in [5.74, 6) is 0. The van der Waals surface area contributed by atoms with Gasteiger partial charge < -0.3 is 35.6 Å². The fourth-order valence-electron chi connectivity index (χ4n) is 3.78. The predicted molar refractivity (Wildman–Crippen MR) is 163 cm³/mol. The van der Waals surface area contributed by atoms with Crippen LogP contribution in [-0.2, 0) is 32.0 Å². The van der Waals surface area contributed by atoms with Crippen LogP contribution < -0.4 is 15.5 Å². The molecule has 44 heavy (non-hydrogen) atoms. The van der Waals surface area contributed by atoms with Crippen molar-refractivity contribution in [3.8, 4) is 0 Å².